The maximum atomic E-state index is 12.8. The topological polar surface area (TPSA) is 127 Å². The molecule has 9 nitrogen and oxygen atoms in total. The minimum atomic E-state index is -3.89. The minimum Gasteiger partial charge on any atom is -0.481 e. The van der Waals surface area contributed by atoms with Gasteiger partial charge in [0.25, 0.3) is 10.0 Å². The number of thiophene rings is 2. The summed E-state index contributed by atoms with van der Waals surface area (Å²) in [6, 6.07) is 7.29. The highest BCUT2D eigenvalue weighted by molar-refractivity contribution is 7.94. The minimum absolute atomic E-state index is 0.00244. The lowest BCUT2D eigenvalue weighted by Crippen LogP contribution is -2.21. The Labute approximate surface area is 236 Å². The van der Waals surface area contributed by atoms with Crippen molar-refractivity contribution in [2.75, 3.05) is 4.72 Å². The number of fused-ring (bicyclic) bond motifs is 3. The van der Waals surface area contributed by atoms with Gasteiger partial charge in [0.15, 0.2) is 5.82 Å². The smallest absolute Gasteiger partial charge is 0.308 e. The van der Waals surface area contributed by atoms with Crippen molar-refractivity contribution in [1.29, 1.82) is 0 Å². The average molecular weight is 611 g/mol. The molecule has 0 aliphatic carbocycles. The van der Waals surface area contributed by atoms with E-state index in [4.69, 9.17) is 28.2 Å². The molecule has 0 saturated carbocycles. The molecule has 0 spiro atoms. The molecule has 0 saturated heterocycles. The Morgan fingerprint density at radius 2 is 1.82 bits per heavy atom. The van der Waals surface area contributed by atoms with E-state index in [-0.39, 0.29) is 13.6 Å². The summed E-state index contributed by atoms with van der Waals surface area (Å²) in [5, 5.41) is 19.4. The summed E-state index contributed by atoms with van der Waals surface area (Å²) < 4.78 is 30.2. The van der Waals surface area contributed by atoms with E-state index in [0.717, 1.165) is 32.3 Å². The van der Waals surface area contributed by atoms with Crippen molar-refractivity contribution in [3.05, 3.63) is 72.9 Å². The molecule has 1 aromatic carbocycles. The monoisotopic (exact) mass is 609 g/mol. The number of aliphatic imine (C=N–C) groups is 1. The number of nitrogens with one attached hydrogen (secondary N) is 1. The Morgan fingerprint density at radius 3 is 2.42 bits per heavy atom. The van der Waals surface area contributed by atoms with Gasteiger partial charge in [-0.25, -0.2) is 8.42 Å². The van der Waals surface area contributed by atoms with E-state index in [9.17, 15) is 18.3 Å². The van der Waals surface area contributed by atoms with Crippen LogP contribution in [-0.2, 0) is 14.8 Å². The molecular weight excluding hydrogens is 589 g/mol. The van der Waals surface area contributed by atoms with Crippen molar-refractivity contribution in [2.45, 2.75) is 37.9 Å². The summed E-state index contributed by atoms with van der Waals surface area (Å²) in [5.41, 5.74) is 3.54. The van der Waals surface area contributed by atoms with Crippen LogP contribution in [-0.4, -0.2) is 40.0 Å². The molecular formula is C24H21Cl2N5O4S3. The SMILES string of the molecule is Cc1sc2c(c1C)C(c1ccc(NS(=O)(=O)c3cc(Cl)c(Cl)s3)cc1)=N[C@@H](C(C)C(=O)O)c1nnc(C)n1-2. The van der Waals surface area contributed by atoms with Crippen molar-refractivity contribution < 1.29 is 18.3 Å². The van der Waals surface area contributed by atoms with E-state index in [2.05, 4.69) is 14.9 Å². The number of benzene rings is 1. The Hall–Kier alpha value is -2.77. The predicted octanol–water partition coefficient (Wildman–Crippen LogP) is 6.04. The summed E-state index contributed by atoms with van der Waals surface area (Å²) >= 11 is 14.3. The number of anilines is 1. The number of carboxylic acids is 1. The molecule has 4 aromatic rings. The molecule has 14 heteroatoms. The van der Waals surface area contributed by atoms with Crippen LogP contribution in [0.1, 0.15) is 46.2 Å². The zero-order valence-corrected chi connectivity index (χ0v) is 24.4. The lowest BCUT2D eigenvalue weighted by Gasteiger charge is -2.16. The molecule has 4 heterocycles. The molecule has 1 unspecified atom stereocenters. The standard InChI is InChI=1S/C24H21Cl2N5O4S3/c1-10-12(3)36-23-18(10)20(27-19(11(2)24(32)33)22-29-28-13(4)31(22)23)14-5-7-15(8-6-14)30-38(34,35)17-9-16(25)21(26)37-17/h5-9,11,19,30H,1-4H3,(H,32,33)/t11?,19-/m0/s1. The number of carboxylic acid groups (broad SMARTS) is 1. The zero-order valence-electron chi connectivity index (χ0n) is 20.5. The van der Waals surface area contributed by atoms with Crippen LogP contribution in [0.2, 0.25) is 9.36 Å². The van der Waals surface area contributed by atoms with E-state index < -0.39 is 28.0 Å². The Kier molecular flexibility index (Phi) is 6.89. The van der Waals surface area contributed by atoms with Gasteiger partial charge >= 0.3 is 5.97 Å². The van der Waals surface area contributed by atoms with Crippen LogP contribution in [0.3, 0.4) is 0 Å². The third kappa shape index (κ3) is 4.54. The first-order chi connectivity index (χ1) is 17.9. The molecule has 198 valence electrons. The van der Waals surface area contributed by atoms with Crippen molar-refractivity contribution in [3.63, 3.8) is 0 Å². The third-order valence-corrected chi connectivity index (χ3v) is 11.3. The highest BCUT2D eigenvalue weighted by atomic mass is 35.5. The number of nitrogens with zero attached hydrogens (tertiary/aromatic N) is 4. The number of carbonyl (C=O) groups is 1. The average Bonchev–Trinajstić information content (AvgIpc) is 3.47. The molecule has 0 radical (unpaired) electrons. The van der Waals surface area contributed by atoms with Crippen molar-refractivity contribution in [3.8, 4) is 5.00 Å². The zero-order chi connectivity index (χ0) is 27.5. The number of aromatic nitrogens is 3. The molecule has 1 aliphatic rings. The maximum Gasteiger partial charge on any atom is 0.308 e. The Morgan fingerprint density at radius 1 is 1.13 bits per heavy atom. The second-order valence-electron chi connectivity index (χ2n) is 8.82. The van der Waals surface area contributed by atoms with Gasteiger partial charge in [0.2, 0.25) is 0 Å². The first-order valence-corrected chi connectivity index (χ1v) is 15.2. The van der Waals surface area contributed by atoms with Gasteiger partial charge in [0.1, 0.15) is 25.4 Å². The van der Waals surface area contributed by atoms with E-state index in [1.54, 1.807) is 42.5 Å². The molecule has 3 aromatic heterocycles. The number of aryl methyl sites for hydroxylation is 2. The number of aliphatic carboxylic acids is 1. The number of hydrogen-bond donors (Lipinski definition) is 2. The van der Waals surface area contributed by atoms with E-state index in [0.29, 0.717) is 28.6 Å². The molecule has 0 amide bonds. The van der Waals surface area contributed by atoms with E-state index in [1.807, 2.05) is 25.3 Å². The number of sulfonamides is 1. The van der Waals surface area contributed by atoms with Crippen LogP contribution in [0.5, 0.6) is 0 Å². The van der Waals surface area contributed by atoms with Crippen LogP contribution < -0.4 is 4.72 Å². The van der Waals surface area contributed by atoms with E-state index >= 15 is 0 Å². The van der Waals surface area contributed by atoms with Gasteiger partial charge in [0.05, 0.1) is 16.7 Å². The van der Waals surface area contributed by atoms with Gasteiger partial charge in [-0.05, 0) is 51.5 Å². The van der Waals surface area contributed by atoms with Crippen molar-refractivity contribution >= 4 is 73.3 Å². The highest BCUT2D eigenvalue weighted by Crippen LogP contribution is 2.41. The van der Waals surface area contributed by atoms with Gasteiger partial charge in [-0.15, -0.1) is 32.9 Å². The first-order valence-electron chi connectivity index (χ1n) is 11.3. The fourth-order valence-electron chi connectivity index (χ4n) is 4.18. The second kappa shape index (κ2) is 9.76. The predicted molar refractivity (Wildman–Crippen MR) is 150 cm³/mol. The van der Waals surface area contributed by atoms with Gasteiger partial charge in [0, 0.05) is 21.7 Å². The summed E-state index contributed by atoms with van der Waals surface area (Å²) in [6.45, 7) is 7.44. The molecule has 5 rings (SSSR count). The normalized spacial score (nSPS) is 15.8. The summed E-state index contributed by atoms with van der Waals surface area (Å²) in [5.74, 6) is -0.757. The summed E-state index contributed by atoms with van der Waals surface area (Å²) in [7, 11) is -3.89. The number of rotatable bonds is 6. The fourth-order valence-corrected chi connectivity index (χ4v) is 8.33. The summed E-state index contributed by atoms with van der Waals surface area (Å²) in [6.07, 6.45) is 0. The van der Waals surface area contributed by atoms with Gasteiger partial charge < -0.3 is 5.11 Å². The molecule has 0 fully saturated rings. The van der Waals surface area contributed by atoms with Crippen LogP contribution >= 0.6 is 45.9 Å². The first kappa shape index (κ1) is 26.8. The lowest BCUT2D eigenvalue weighted by atomic mass is 9.98. The maximum absolute atomic E-state index is 12.8. The Bertz CT molecular complexity index is 1700. The molecule has 0 bridgehead atoms. The number of hydrogen-bond acceptors (Lipinski definition) is 8. The van der Waals surface area contributed by atoms with E-state index in [1.165, 1.54) is 6.07 Å². The van der Waals surface area contributed by atoms with Gasteiger partial charge in [-0.3, -0.25) is 19.1 Å². The van der Waals surface area contributed by atoms with Gasteiger partial charge in [-0.1, -0.05) is 35.3 Å². The van der Waals surface area contributed by atoms with Crippen LogP contribution in [0.25, 0.3) is 5.00 Å². The molecule has 2 atom stereocenters. The summed E-state index contributed by atoms with van der Waals surface area (Å²) in [4.78, 5) is 18.1. The quantitative estimate of drug-likeness (QED) is 0.274. The van der Waals surface area contributed by atoms with Crippen LogP contribution in [0.15, 0.2) is 39.5 Å². The van der Waals surface area contributed by atoms with Crippen LogP contribution in [0.4, 0.5) is 5.69 Å². The number of halogens is 2. The third-order valence-electron chi connectivity index (χ3n) is 6.35. The second-order valence-corrected chi connectivity index (χ2v) is 14.0. The van der Waals surface area contributed by atoms with Gasteiger partial charge in [-0.2, -0.15) is 0 Å². The van der Waals surface area contributed by atoms with Crippen molar-refractivity contribution in [2.24, 2.45) is 10.9 Å². The molecule has 38 heavy (non-hydrogen) atoms. The lowest BCUT2D eigenvalue weighted by molar-refractivity contribution is -0.141. The largest absolute Gasteiger partial charge is 0.481 e. The highest BCUT2D eigenvalue weighted by Gasteiger charge is 2.36. The fraction of sp³-hybridized carbons (Fsp3) is 0.250. The Balaban J connectivity index is 1.60. The molecule has 1 aliphatic heterocycles. The van der Waals surface area contributed by atoms with Crippen molar-refractivity contribution in [1.82, 2.24) is 14.8 Å². The molecule has 2 N–H and O–H groups in total. The van der Waals surface area contributed by atoms with Crippen LogP contribution in [0, 0.1) is 26.7 Å².